The van der Waals surface area contributed by atoms with Crippen molar-refractivity contribution in [3.8, 4) is 0 Å². The zero-order valence-corrected chi connectivity index (χ0v) is 19.1. The first-order valence-corrected chi connectivity index (χ1v) is 10.9. The van der Waals surface area contributed by atoms with Crippen molar-refractivity contribution in [1.82, 2.24) is 4.57 Å². The lowest BCUT2D eigenvalue weighted by Crippen LogP contribution is -2.26. The van der Waals surface area contributed by atoms with Crippen LogP contribution in [-0.2, 0) is 9.53 Å². The van der Waals surface area contributed by atoms with Crippen LogP contribution in [0.5, 0.6) is 0 Å². The van der Waals surface area contributed by atoms with Gasteiger partial charge in [0.05, 0.1) is 23.6 Å². The predicted octanol–water partition coefficient (Wildman–Crippen LogP) is 6.02. The Labute approximate surface area is 182 Å². The normalized spacial score (nSPS) is 16.1. The van der Waals surface area contributed by atoms with Crippen molar-refractivity contribution in [3.05, 3.63) is 34.5 Å². The van der Waals surface area contributed by atoms with Crippen LogP contribution in [0.15, 0.2) is 18.3 Å². The number of halogens is 1. The molecule has 1 fully saturated rings. The second-order valence-electron chi connectivity index (χ2n) is 9.38. The number of rotatable bonds is 5. The van der Waals surface area contributed by atoms with Gasteiger partial charge in [0, 0.05) is 22.6 Å². The van der Waals surface area contributed by atoms with E-state index in [-0.39, 0.29) is 17.7 Å². The molecular formula is C24H30ClNO4. The maximum absolute atomic E-state index is 13.2. The first-order valence-electron chi connectivity index (χ1n) is 10.5. The van der Waals surface area contributed by atoms with E-state index in [1.54, 1.807) is 22.9 Å². The summed E-state index contributed by atoms with van der Waals surface area (Å²) in [6, 6.07) is 3.37. The third kappa shape index (κ3) is 4.31. The molecule has 5 nitrogen and oxygen atoms in total. The average Bonchev–Trinajstić information content (AvgIpc) is 3.30. The van der Waals surface area contributed by atoms with Crippen molar-refractivity contribution in [2.75, 3.05) is 7.11 Å². The topological polar surface area (TPSA) is 65.4 Å². The molecule has 0 radical (unpaired) electrons. The van der Waals surface area contributed by atoms with Gasteiger partial charge < -0.3 is 4.74 Å². The number of hydrogen-bond donors (Lipinski definition) is 0. The number of nitrogens with zero attached hydrogens (tertiary/aromatic N) is 1. The van der Waals surface area contributed by atoms with Gasteiger partial charge in [-0.15, -0.1) is 0 Å². The smallest absolute Gasteiger partial charge is 0.313 e. The van der Waals surface area contributed by atoms with Crippen molar-refractivity contribution < 1.29 is 19.1 Å². The minimum absolute atomic E-state index is 0.111. The van der Waals surface area contributed by atoms with Gasteiger partial charge in [0.2, 0.25) is 5.91 Å². The molecule has 0 N–H and O–H groups in total. The summed E-state index contributed by atoms with van der Waals surface area (Å²) >= 11 is 6.41. The summed E-state index contributed by atoms with van der Waals surface area (Å²) in [7, 11) is 1.39. The number of esters is 1. The van der Waals surface area contributed by atoms with Crippen LogP contribution in [0.1, 0.15) is 86.4 Å². The lowest BCUT2D eigenvalue weighted by atomic mass is 9.87. The first kappa shape index (κ1) is 22.5. The van der Waals surface area contributed by atoms with Crippen LogP contribution in [0.3, 0.4) is 0 Å². The van der Waals surface area contributed by atoms with Crippen molar-refractivity contribution in [1.29, 1.82) is 0 Å². The standard InChI is InChI=1S/C24H30ClNO4/c1-14(27)16-12-21-17(11-20(16)25)19(13-26(21)23(29)24(2,3)4)18(22(28)30-5)10-15-8-6-7-9-15/h11-13,15,18H,6-10H2,1-5H3. The molecular weight excluding hydrogens is 402 g/mol. The van der Waals surface area contributed by atoms with Gasteiger partial charge in [-0.1, -0.05) is 58.1 Å². The number of carbonyl (C=O) groups is 3. The van der Waals surface area contributed by atoms with Crippen molar-refractivity contribution in [2.24, 2.45) is 11.3 Å². The highest BCUT2D eigenvalue weighted by Gasteiger charge is 2.33. The minimum Gasteiger partial charge on any atom is -0.469 e. The number of benzene rings is 1. The van der Waals surface area contributed by atoms with Crippen LogP contribution in [0.25, 0.3) is 10.9 Å². The van der Waals surface area contributed by atoms with Gasteiger partial charge in [0.25, 0.3) is 0 Å². The molecule has 1 atom stereocenters. The Hall–Kier alpha value is -2.14. The molecule has 1 saturated carbocycles. The first-order chi connectivity index (χ1) is 14.0. The van der Waals surface area contributed by atoms with Gasteiger partial charge in [0.15, 0.2) is 5.78 Å². The van der Waals surface area contributed by atoms with Crippen molar-refractivity contribution in [3.63, 3.8) is 0 Å². The number of methoxy groups -OCH3 is 1. The molecule has 0 bridgehead atoms. The summed E-state index contributed by atoms with van der Waals surface area (Å²) in [5, 5.41) is 1.04. The fourth-order valence-electron chi connectivity index (χ4n) is 4.42. The van der Waals surface area contributed by atoms with Gasteiger partial charge >= 0.3 is 5.97 Å². The molecule has 2 aromatic rings. The predicted molar refractivity (Wildman–Crippen MR) is 118 cm³/mol. The Morgan fingerprint density at radius 2 is 1.83 bits per heavy atom. The van der Waals surface area contributed by atoms with Crippen LogP contribution < -0.4 is 0 Å². The Kier molecular flexibility index (Phi) is 6.42. The Morgan fingerprint density at radius 3 is 2.37 bits per heavy atom. The average molecular weight is 432 g/mol. The molecule has 0 amide bonds. The van der Waals surface area contributed by atoms with Crippen LogP contribution >= 0.6 is 11.6 Å². The lowest BCUT2D eigenvalue weighted by Gasteiger charge is -2.19. The lowest BCUT2D eigenvalue weighted by molar-refractivity contribution is -0.142. The van der Waals surface area contributed by atoms with E-state index in [0.717, 1.165) is 23.8 Å². The molecule has 1 heterocycles. The zero-order valence-electron chi connectivity index (χ0n) is 18.4. The Bertz CT molecular complexity index is 993. The molecule has 6 heteroatoms. The second-order valence-corrected chi connectivity index (χ2v) is 9.78. The minimum atomic E-state index is -0.633. The van der Waals surface area contributed by atoms with E-state index in [0.29, 0.717) is 28.4 Å². The van der Waals surface area contributed by atoms with E-state index in [2.05, 4.69) is 0 Å². The van der Waals surface area contributed by atoms with E-state index in [4.69, 9.17) is 16.3 Å². The second kappa shape index (κ2) is 8.54. The van der Waals surface area contributed by atoms with Crippen molar-refractivity contribution in [2.45, 2.75) is 65.7 Å². The van der Waals surface area contributed by atoms with Crippen molar-refractivity contribution >= 4 is 40.2 Å². The molecule has 1 unspecified atom stereocenters. The highest BCUT2D eigenvalue weighted by molar-refractivity contribution is 6.35. The number of Topliss-reactive ketones (excluding diaryl/α,β-unsaturated/α-hetero) is 1. The molecule has 0 aliphatic heterocycles. The van der Waals surface area contributed by atoms with Crippen LogP contribution in [0.4, 0.5) is 0 Å². The Balaban J connectivity index is 2.23. The van der Waals surface area contributed by atoms with Gasteiger partial charge in [-0.2, -0.15) is 0 Å². The van der Waals surface area contributed by atoms with Gasteiger partial charge in [0.1, 0.15) is 0 Å². The monoisotopic (exact) mass is 431 g/mol. The fraction of sp³-hybridized carbons (Fsp3) is 0.542. The molecule has 1 aliphatic rings. The maximum Gasteiger partial charge on any atom is 0.313 e. The van der Waals surface area contributed by atoms with Gasteiger partial charge in [-0.25, -0.2) is 0 Å². The van der Waals surface area contributed by atoms with E-state index in [1.165, 1.54) is 26.9 Å². The SMILES string of the molecule is COC(=O)C(CC1CCCC1)c1cn(C(=O)C(C)(C)C)c2cc(C(C)=O)c(Cl)cc12. The van der Waals surface area contributed by atoms with Gasteiger partial charge in [-0.05, 0) is 37.0 Å². The van der Waals surface area contributed by atoms with E-state index in [1.807, 2.05) is 20.8 Å². The molecule has 162 valence electrons. The summed E-state index contributed by atoms with van der Waals surface area (Å²) in [5.41, 5.74) is 1.06. The number of fused-ring (bicyclic) bond motifs is 1. The van der Waals surface area contributed by atoms with Crippen LogP contribution in [0.2, 0.25) is 5.02 Å². The number of ketones is 1. The highest BCUT2D eigenvalue weighted by atomic mass is 35.5. The molecule has 30 heavy (non-hydrogen) atoms. The number of aromatic nitrogens is 1. The highest BCUT2D eigenvalue weighted by Crippen LogP contribution is 2.40. The molecule has 1 aromatic carbocycles. The van der Waals surface area contributed by atoms with E-state index in [9.17, 15) is 14.4 Å². The van der Waals surface area contributed by atoms with E-state index < -0.39 is 11.3 Å². The summed E-state index contributed by atoms with van der Waals surface area (Å²) in [6.45, 7) is 6.99. The fourth-order valence-corrected chi connectivity index (χ4v) is 4.72. The molecule has 1 aliphatic carbocycles. The summed E-state index contributed by atoms with van der Waals surface area (Å²) in [5.74, 6) is -0.613. The quantitative estimate of drug-likeness (QED) is 0.428. The number of hydrogen-bond acceptors (Lipinski definition) is 4. The number of carbonyl (C=O) groups excluding carboxylic acids is 3. The largest absolute Gasteiger partial charge is 0.469 e. The third-order valence-corrected chi connectivity index (χ3v) is 6.38. The van der Waals surface area contributed by atoms with E-state index >= 15 is 0 Å². The Morgan fingerprint density at radius 1 is 1.20 bits per heavy atom. The summed E-state index contributed by atoms with van der Waals surface area (Å²) in [6.07, 6.45) is 6.98. The molecule has 3 rings (SSSR count). The maximum atomic E-state index is 13.2. The molecule has 1 aromatic heterocycles. The molecule has 0 saturated heterocycles. The number of ether oxygens (including phenoxy) is 1. The summed E-state index contributed by atoms with van der Waals surface area (Å²) < 4.78 is 6.70. The zero-order chi connectivity index (χ0) is 22.2. The third-order valence-electron chi connectivity index (χ3n) is 6.07. The van der Waals surface area contributed by atoms with Gasteiger partial charge in [-0.3, -0.25) is 19.0 Å². The molecule has 0 spiro atoms. The van der Waals surface area contributed by atoms with Crippen LogP contribution in [-0.4, -0.2) is 29.3 Å². The van der Waals surface area contributed by atoms with Crippen LogP contribution in [0, 0.1) is 11.3 Å². The summed E-state index contributed by atoms with van der Waals surface area (Å²) in [4.78, 5) is 38.0.